The van der Waals surface area contributed by atoms with Crippen LogP contribution in [0, 0.1) is 22.7 Å². The van der Waals surface area contributed by atoms with Crippen molar-refractivity contribution >= 4 is 10.8 Å². The highest BCUT2D eigenvalue weighted by Gasteiger charge is 2.09. The summed E-state index contributed by atoms with van der Waals surface area (Å²) in [4.78, 5) is 0. The molecule has 2 rings (SSSR count). The van der Waals surface area contributed by atoms with Crippen molar-refractivity contribution in [1.82, 2.24) is 0 Å². The molecule has 76 valence electrons. The Hall–Kier alpha value is -2.32. The smallest absolute Gasteiger partial charge is 0.0842 e. The fourth-order valence-electron chi connectivity index (χ4n) is 1.75. The molecule has 0 aliphatic carbocycles. The molecule has 0 spiro atoms. The van der Waals surface area contributed by atoms with Crippen LogP contribution < -0.4 is 0 Å². The molecule has 0 bridgehead atoms. The van der Waals surface area contributed by atoms with Crippen molar-refractivity contribution in [3.8, 4) is 12.1 Å². The molecule has 0 aliphatic heterocycles. The molecule has 0 N–H and O–H groups in total. The van der Waals surface area contributed by atoms with E-state index in [1.54, 1.807) is 0 Å². The lowest BCUT2D eigenvalue weighted by Gasteiger charge is -2.06. The van der Waals surface area contributed by atoms with E-state index >= 15 is 0 Å². The lowest BCUT2D eigenvalue weighted by molar-refractivity contribution is 0.889. The summed E-state index contributed by atoms with van der Waals surface area (Å²) < 4.78 is 0. The Morgan fingerprint density at radius 1 is 1.00 bits per heavy atom. The molecule has 0 aromatic heterocycles. The van der Waals surface area contributed by atoms with Gasteiger partial charge in [-0.2, -0.15) is 10.5 Å². The van der Waals surface area contributed by atoms with Crippen LogP contribution >= 0.6 is 0 Å². The molecule has 2 heteroatoms. The van der Waals surface area contributed by atoms with Crippen LogP contribution in [0.25, 0.3) is 10.8 Å². The van der Waals surface area contributed by atoms with E-state index in [1.807, 2.05) is 48.5 Å². The van der Waals surface area contributed by atoms with E-state index in [2.05, 4.69) is 6.07 Å². The summed E-state index contributed by atoms with van der Waals surface area (Å²) in [6.45, 7) is 0. The minimum absolute atomic E-state index is 0.245. The van der Waals surface area contributed by atoms with Gasteiger partial charge in [-0.1, -0.05) is 36.4 Å². The second-order valence-corrected chi connectivity index (χ2v) is 3.65. The third-order valence-corrected chi connectivity index (χ3v) is 2.63. The number of fused-ring (bicyclic) bond motifs is 1. The molecule has 1 atom stereocenters. The topological polar surface area (TPSA) is 47.6 Å². The minimum atomic E-state index is -0.324. The number of rotatable bonds is 2. The summed E-state index contributed by atoms with van der Waals surface area (Å²) in [5.41, 5.74) is 0.919. The maximum Gasteiger partial charge on any atom is 0.0842 e. The average molecular weight is 206 g/mol. The summed E-state index contributed by atoms with van der Waals surface area (Å²) in [6.07, 6.45) is 0.245. The number of hydrogen-bond acceptors (Lipinski definition) is 2. The summed E-state index contributed by atoms with van der Waals surface area (Å²) in [5.74, 6) is -0.324. The van der Waals surface area contributed by atoms with Gasteiger partial charge in [-0.3, -0.25) is 0 Å². The zero-order chi connectivity index (χ0) is 11.4. The van der Waals surface area contributed by atoms with Gasteiger partial charge in [-0.05, 0) is 22.4 Å². The van der Waals surface area contributed by atoms with Gasteiger partial charge in [0, 0.05) is 0 Å². The van der Waals surface area contributed by atoms with Gasteiger partial charge in [0.1, 0.15) is 0 Å². The number of nitriles is 2. The van der Waals surface area contributed by atoms with Crippen molar-refractivity contribution in [2.24, 2.45) is 0 Å². The Labute approximate surface area is 94.4 Å². The van der Waals surface area contributed by atoms with Crippen molar-refractivity contribution in [3.05, 3.63) is 48.0 Å². The molecular weight excluding hydrogens is 196 g/mol. The summed E-state index contributed by atoms with van der Waals surface area (Å²) in [6, 6.07) is 18.1. The second-order valence-electron chi connectivity index (χ2n) is 3.65. The van der Waals surface area contributed by atoms with Gasteiger partial charge in [-0.25, -0.2) is 0 Å². The van der Waals surface area contributed by atoms with Gasteiger partial charge in [-0.15, -0.1) is 0 Å². The van der Waals surface area contributed by atoms with Crippen molar-refractivity contribution in [2.45, 2.75) is 12.3 Å². The van der Waals surface area contributed by atoms with Crippen LogP contribution in [0.15, 0.2) is 42.5 Å². The van der Waals surface area contributed by atoms with E-state index in [4.69, 9.17) is 10.5 Å². The maximum absolute atomic E-state index is 8.98. The minimum Gasteiger partial charge on any atom is -0.198 e. The first-order valence-corrected chi connectivity index (χ1v) is 5.10. The molecule has 2 aromatic rings. The van der Waals surface area contributed by atoms with Gasteiger partial charge in [0.25, 0.3) is 0 Å². The van der Waals surface area contributed by atoms with E-state index < -0.39 is 0 Å². The standard InChI is InChI=1S/C14H10N2/c15-8-7-14(10-16)13-6-5-11-3-1-2-4-12(11)9-13/h1-6,9,14H,7H2. The number of hydrogen-bond donors (Lipinski definition) is 0. The number of nitrogens with zero attached hydrogens (tertiary/aromatic N) is 2. The van der Waals surface area contributed by atoms with Crippen LogP contribution in [0.1, 0.15) is 17.9 Å². The lowest BCUT2D eigenvalue weighted by Crippen LogP contribution is -1.93. The highest BCUT2D eigenvalue weighted by Crippen LogP contribution is 2.23. The molecule has 2 aromatic carbocycles. The van der Waals surface area contributed by atoms with E-state index in [0.29, 0.717) is 0 Å². The van der Waals surface area contributed by atoms with Crippen molar-refractivity contribution in [2.75, 3.05) is 0 Å². The molecule has 2 nitrogen and oxygen atoms in total. The maximum atomic E-state index is 8.98. The molecule has 1 unspecified atom stereocenters. The van der Waals surface area contributed by atoms with Gasteiger partial charge in [0.05, 0.1) is 24.5 Å². The monoisotopic (exact) mass is 206 g/mol. The first-order valence-electron chi connectivity index (χ1n) is 5.10. The fraction of sp³-hybridized carbons (Fsp3) is 0.143. The van der Waals surface area contributed by atoms with Gasteiger partial charge >= 0.3 is 0 Å². The summed E-state index contributed by atoms with van der Waals surface area (Å²) >= 11 is 0. The van der Waals surface area contributed by atoms with Crippen molar-refractivity contribution in [1.29, 1.82) is 10.5 Å². The van der Waals surface area contributed by atoms with Crippen LogP contribution in [-0.4, -0.2) is 0 Å². The SMILES string of the molecule is N#CCC(C#N)c1ccc2ccccc2c1. The van der Waals surface area contributed by atoms with Crippen LogP contribution in [0.3, 0.4) is 0 Å². The molecule has 0 heterocycles. The van der Waals surface area contributed by atoms with Crippen LogP contribution in [-0.2, 0) is 0 Å². The van der Waals surface area contributed by atoms with Crippen molar-refractivity contribution in [3.63, 3.8) is 0 Å². The van der Waals surface area contributed by atoms with Gasteiger partial charge < -0.3 is 0 Å². The highest BCUT2D eigenvalue weighted by molar-refractivity contribution is 5.83. The Kier molecular flexibility index (Phi) is 2.85. The highest BCUT2D eigenvalue weighted by atomic mass is 14.3. The van der Waals surface area contributed by atoms with Crippen molar-refractivity contribution < 1.29 is 0 Å². The second kappa shape index (κ2) is 4.47. The van der Waals surface area contributed by atoms with Gasteiger partial charge in [0.2, 0.25) is 0 Å². The summed E-state index contributed by atoms with van der Waals surface area (Å²) in [7, 11) is 0. The molecule has 0 saturated carbocycles. The number of benzene rings is 2. The molecule has 0 saturated heterocycles. The first kappa shape index (κ1) is 10.2. The quantitative estimate of drug-likeness (QED) is 0.756. The fourth-order valence-corrected chi connectivity index (χ4v) is 1.75. The molecular formula is C14H10N2. The predicted molar refractivity (Wildman–Crippen MR) is 62.5 cm³/mol. The summed E-state index contributed by atoms with van der Waals surface area (Å²) in [5, 5.41) is 19.9. The molecule has 0 amide bonds. The molecule has 0 radical (unpaired) electrons. The van der Waals surface area contributed by atoms with Crippen LogP contribution in [0.5, 0.6) is 0 Å². The van der Waals surface area contributed by atoms with Crippen LogP contribution in [0.2, 0.25) is 0 Å². The predicted octanol–water partition coefficient (Wildman–Crippen LogP) is 3.36. The zero-order valence-corrected chi connectivity index (χ0v) is 8.72. The zero-order valence-electron chi connectivity index (χ0n) is 8.72. The lowest BCUT2D eigenvalue weighted by atomic mass is 9.95. The largest absolute Gasteiger partial charge is 0.198 e. The van der Waals surface area contributed by atoms with E-state index in [0.717, 1.165) is 16.3 Å². The molecule has 0 aliphatic rings. The first-order chi connectivity index (χ1) is 7.85. The Morgan fingerprint density at radius 3 is 2.44 bits per heavy atom. The van der Waals surface area contributed by atoms with Crippen LogP contribution in [0.4, 0.5) is 0 Å². The molecule has 16 heavy (non-hydrogen) atoms. The van der Waals surface area contributed by atoms with E-state index in [-0.39, 0.29) is 12.3 Å². The third-order valence-electron chi connectivity index (χ3n) is 2.63. The Morgan fingerprint density at radius 2 is 1.75 bits per heavy atom. The van der Waals surface area contributed by atoms with Gasteiger partial charge in [0.15, 0.2) is 0 Å². The normalized spacial score (nSPS) is 11.6. The Balaban J connectivity index is 2.47. The van der Waals surface area contributed by atoms with E-state index in [1.165, 1.54) is 0 Å². The van der Waals surface area contributed by atoms with E-state index in [9.17, 15) is 0 Å². The Bertz CT molecular complexity index is 587. The molecule has 0 fully saturated rings. The average Bonchev–Trinajstić information content (AvgIpc) is 2.35. The third kappa shape index (κ3) is 1.87.